The van der Waals surface area contributed by atoms with Crippen molar-refractivity contribution in [3.8, 4) is 0 Å². The summed E-state index contributed by atoms with van der Waals surface area (Å²) in [5, 5.41) is 2.99. The van der Waals surface area contributed by atoms with Crippen LogP contribution in [0.15, 0.2) is 60.9 Å². The van der Waals surface area contributed by atoms with Crippen molar-refractivity contribution < 1.29 is 13.9 Å². The molecule has 0 spiro atoms. The second-order valence-electron chi connectivity index (χ2n) is 5.98. The van der Waals surface area contributed by atoms with Crippen LogP contribution in [-0.4, -0.2) is 22.6 Å². The molecule has 5 nitrogen and oxygen atoms in total. The summed E-state index contributed by atoms with van der Waals surface area (Å²) in [5.74, 6) is 0.111. The molecule has 0 bridgehead atoms. The van der Waals surface area contributed by atoms with Gasteiger partial charge in [-0.1, -0.05) is 24.3 Å². The van der Waals surface area contributed by atoms with Crippen molar-refractivity contribution in [2.45, 2.75) is 12.6 Å². The summed E-state index contributed by atoms with van der Waals surface area (Å²) in [6.07, 6.45) is 3.47. The Morgan fingerprint density at radius 1 is 1.19 bits per heavy atom. The molecule has 0 fully saturated rings. The highest BCUT2D eigenvalue weighted by Crippen LogP contribution is 2.21. The lowest BCUT2D eigenvalue weighted by Crippen LogP contribution is -2.31. The van der Waals surface area contributed by atoms with Gasteiger partial charge in [-0.25, -0.2) is 9.37 Å². The van der Waals surface area contributed by atoms with Crippen molar-refractivity contribution in [3.05, 3.63) is 89.3 Å². The fourth-order valence-corrected chi connectivity index (χ4v) is 2.74. The van der Waals surface area contributed by atoms with Crippen LogP contribution in [0.2, 0.25) is 0 Å². The molecule has 6 heteroatoms. The second kappa shape index (κ2) is 7.93. The molecule has 0 radical (unpaired) electrons. The molecule has 3 rings (SSSR count). The van der Waals surface area contributed by atoms with Crippen LogP contribution in [0.5, 0.6) is 0 Å². The molecule has 1 amide bonds. The molecule has 0 aliphatic heterocycles. The van der Waals surface area contributed by atoms with Crippen molar-refractivity contribution in [2.75, 3.05) is 7.11 Å². The summed E-state index contributed by atoms with van der Waals surface area (Å²) in [6.45, 7) is 0.493. The van der Waals surface area contributed by atoms with Crippen molar-refractivity contribution in [1.82, 2.24) is 14.9 Å². The number of nitrogens with one attached hydrogen (secondary N) is 1. The van der Waals surface area contributed by atoms with Gasteiger partial charge in [-0.2, -0.15) is 0 Å². The number of rotatable bonds is 6. The monoisotopic (exact) mass is 353 g/mol. The molecule has 0 saturated heterocycles. The summed E-state index contributed by atoms with van der Waals surface area (Å²) in [4.78, 5) is 17.1. The zero-order chi connectivity index (χ0) is 18.5. The number of nitrogens with zero attached hydrogens (tertiary/aromatic N) is 2. The molecule has 1 heterocycles. The molecule has 26 heavy (non-hydrogen) atoms. The van der Waals surface area contributed by atoms with E-state index in [9.17, 15) is 9.18 Å². The van der Waals surface area contributed by atoms with E-state index in [1.165, 1.54) is 12.1 Å². The van der Waals surface area contributed by atoms with E-state index in [1.807, 2.05) is 23.7 Å². The van der Waals surface area contributed by atoms with Gasteiger partial charge in [0.05, 0.1) is 6.61 Å². The SMILES string of the molecule is COCc1ccc(C(=O)N[C@@H](c2ccc(F)cc2)c2nccn2C)cc1. The van der Waals surface area contributed by atoms with E-state index >= 15 is 0 Å². The largest absolute Gasteiger partial charge is 0.380 e. The number of hydrogen-bond acceptors (Lipinski definition) is 3. The Balaban J connectivity index is 1.86. The van der Waals surface area contributed by atoms with Gasteiger partial charge in [0.15, 0.2) is 0 Å². The van der Waals surface area contributed by atoms with Crippen LogP contribution in [0.1, 0.15) is 33.4 Å². The van der Waals surface area contributed by atoms with Crippen LogP contribution in [0.4, 0.5) is 4.39 Å². The zero-order valence-corrected chi connectivity index (χ0v) is 14.6. The molecule has 1 atom stereocenters. The number of aromatic nitrogens is 2. The fraction of sp³-hybridized carbons (Fsp3) is 0.200. The van der Waals surface area contributed by atoms with Crippen LogP contribution in [0, 0.1) is 5.82 Å². The van der Waals surface area contributed by atoms with Crippen LogP contribution >= 0.6 is 0 Å². The van der Waals surface area contributed by atoms with Gasteiger partial charge in [-0.3, -0.25) is 4.79 Å². The van der Waals surface area contributed by atoms with Gasteiger partial charge in [0, 0.05) is 32.1 Å². The average molecular weight is 353 g/mol. The molecule has 1 N–H and O–H groups in total. The highest BCUT2D eigenvalue weighted by molar-refractivity contribution is 5.94. The molecule has 1 aromatic heterocycles. The van der Waals surface area contributed by atoms with Gasteiger partial charge in [0.2, 0.25) is 0 Å². The Labute approximate surface area is 151 Å². The molecule has 3 aromatic rings. The Morgan fingerprint density at radius 2 is 1.88 bits per heavy atom. The maximum absolute atomic E-state index is 13.3. The summed E-state index contributed by atoms with van der Waals surface area (Å²) in [7, 11) is 3.48. The van der Waals surface area contributed by atoms with Crippen LogP contribution in [-0.2, 0) is 18.4 Å². The average Bonchev–Trinajstić information content (AvgIpc) is 3.07. The third kappa shape index (κ3) is 3.97. The Bertz CT molecular complexity index is 873. The predicted molar refractivity (Wildman–Crippen MR) is 96.1 cm³/mol. The molecular formula is C20H20FN3O2. The minimum absolute atomic E-state index is 0.230. The predicted octanol–water partition coefficient (Wildman–Crippen LogP) is 3.23. The highest BCUT2D eigenvalue weighted by atomic mass is 19.1. The van der Waals surface area contributed by atoms with Gasteiger partial charge >= 0.3 is 0 Å². The quantitative estimate of drug-likeness (QED) is 0.740. The van der Waals surface area contributed by atoms with Gasteiger partial charge in [0.25, 0.3) is 5.91 Å². The van der Waals surface area contributed by atoms with E-state index < -0.39 is 6.04 Å². The molecule has 0 saturated carbocycles. The van der Waals surface area contributed by atoms with Crippen molar-refractivity contribution in [2.24, 2.45) is 7.05 Å². The van der Waals surface area contributed by atoms with Crippen molar-refractivity contribution >= 4 is 5.91 Å². The minimum Gasteiger partial charge on any atom is -0.380 e. The van der Waals surface area contributed by atoms with Crippen molar-refractivity contribution in [3.63, 3.8) is 0 Å². The standard InChI is InChI=1S/C20H20FN3O2/c1-24-12-11-22-19(24)18(15-7-9-17(21)10-8-15)23-20(25)16-5-3-14(4-6-16)13-26-2/h3-12,18H,13H2,1-2H3,(H,23,25)/t18-/m0/s1. The normalized spacial score (nSPS) is 12.0. The Hall–Kier alpha value is -2.99. The van der Waals surface area contributed by atoms with E-state index in [0.717, 1.165) is 11.1 Å². The topological polar surface area (TPSA) is 56.1 Å². The molecule has 0 unspecified atom stereocenters. The molecule has 134 valence electrons. The summed E-state index contributed by atoms with van der Waals surface area (Å²) in [6, 6.07) is 12.8. The summed E-state index contributed by atoms with van der Waals surface area (Å²) < 4.78 is 20.2. The number of carbonyl (C=O) groups is 1. The molecule has 0 aliphatic rings. The van der Waals surface area contributed by atoms with Crippen LogP contribution < -0.4 is 5.32 Å². The highest BCUT2D eigenvalue weighted by Gasteiger charge is 2.21. The third-order valence-electron chi connectivity index (χ3n) is 4.12. The number of imidazole rings is 1. The first-order valence-electron chi connectivity index (χ1n) is 8.20. The zero-order valence-electron chi connectivity index (χ0n) is 14.6. The second-order valence-corrected chi connectivity index (χ2v) is 5.98. The number of hydrogen-bond donors (Lipinski definition) is 1. The smallest absolute Gasteiger partial charge is 0.252 e. The van der Waals surface area contributed by atoms with Crippen LogP contribution in [0.3, 0.4) is 0 Å². The van der Waals surface area contributed by atoms with Gasteiger partial charge in [-0.15, -0.1) is 0 Å². The lowest BCUT2D eigenvalue weighted by Gasteiger charge is -2.19. The minimum atomic E-state index is -0.484. The fourth-order valence-electron chi connectivity index (χ4n) is 2.74. The van der Waals surface area contributed by atoms with Gasteiger partial charge in [-0.05, 0) is 35.4 Å². The maximum atomic E-state index is 13.3. The van der Waals surface area contributed by atoms with E-state index in [2.05, 4.69) is 10.3 Å². The molecule has 2 aromatic carbocycles. The maximum Gasteiger partial charge on any atom is 0.252 e. The number of benzene rings is 2. The lowest BCUT2D eigenvalue weighted by atomic mass is 10.0. The lowest BCUT2D eigenvalue weighted by molar-refractivity contribution is 0.0941. The van der Waals surface area contributed by atoms with E-state index in [0.29, 0.717) is 18.0 Å². The van der Waals surface area contributed by atoms with Crippen LogP contribution in [0.25, 0.3) is 0 Å². The van der Waals surface area contributed by atoms with E-state index in [4.69, 9.17) is 4.74 Å². The third-order valence-corrected chi connectivity index (χ3v) is 4.12. The number of amides is 1. The number of methoxy groups -OCH3 is 1. The molecular weight excluding hydrogens is 333 g/mol. The first-order chi connectivity index (χ1) is 12.6. The van der Waals surface area contributed by atoms with Gasteiger partial charge in [0.1, 0.15) is 17.7 Å². The summed E-state index contributed by atoms with van der Waals surface area (Å²) in [5.41, 5.74) is 2.28. The number of halogens is 1. The van der Waals surface area contributed by atoms with E-state index in [1.54, 1.807) is 43.8 Å². The Morgan fingerprint density at radius 3 is 2.46 bits per heavy atom. The van der Waals surface area contributed by atoms with Crippen molar-refractivity contribution in [1.29, 1.82) is 0 Å². The summed E-state index contributed by atoms with van der Waals surface area (Å²) >= 11 is 0. The Kier molecular flexibility index (Phi) is 5.43. The number of carbonyl (C=O) groups excluding carboxylic acids is 1. The number of aryl methyl sites for hydroxylation is 1. The first kappa shape index (κ1) is 17.8. The first-order valence-corrected chi connectivity index (χ1v) is 8.20. The number of ether oxygens (including phenoxy) is 1. The van der Waals surface area contributed by atoms with Gasteiger partial charge < -0.3 is 14.6 Å². The van der Waals surface area contributed by atoms with E-state index in [-0.39, 0.29) is 11.7 Å². The molecule has 0 aliphatic carbocycles.